The predicted octanol–water partition coefficient (Wildman–Crippen LogP) is 2.98. The summed E-state index contributed by atoms with van der Waals surface area (Å²) >= 11 is 0. The Bertz CT molecular complexity index is 790. The lowest BCUT2D eigenvalue weighted by atomic mass is 9.87. The highest BCUT2D eigenvalue weighted by molar-refractivity contribution is 5.74. The lowest BCUT2D eigenvalue weighted by Crippen LogP contribution is -2.48. The van der Waals surface area contributed by atoms with Crippen molar-refractivity contribution in [3.8, 4) is 11.5 Å². The molecule has 2 aromatic carbocycles. The molecule has 6 heteroatoms. The zero-order valence-electron chi connectivity index (χ0n) is 15.8. The van der Waals surface area contributed by atoms with Gasteiger partial charge in [0.1, 0.15) is 6.61 Å². The van der Waals surface area contributed by atoms with Gasteiger partial charge in [0.2, 0.25) is 0 Å². The molecule has 1 fully saturated rings. The number of piperidine rings is 1. The van der Waals surface area contributed by atoms with Crippen molar-refractivity contribution >= 4 is 6.03 Å². The zero-order chi connectivity index (χ0) is 19.3. The number of urea groups is 1. The highest BCUT2D eigenvalue weighted by atomic mass is 16.6. The summed E-state index contributed by atoms with van der Waals surface area (Å²) in [6.45, 7) is 2.11. The van der Waals surface area contributed by atoms with Crippen LogP contribution < -0.4 is 14.8 Å². The number of fused-ring (bicyclic) bond motifs is 1. The zero-order valence-corrected chi connectivity index (χ0v) is 15.8. The van der Waals surface area contributed by atoms with Gasteiger partial charge in [-0.05, 0) is 36.5 Å². The molecule has 2 heterocycles. The summed E-state index contributed by atoms with van der Waals surface area (Å²) < 4.78 is 11.6. The molecule has 2 aliphatic heterocycles. The van der Waals surface area contributed by atoms with Crippen LogP contribution >= 0.6 is 0 Å². The lowest BCUT2D eigenvalue weighted by Gasteiger charge is -2.35. The highest BCUT2D eigenvalue weighted by Gasteiger charge is 2.29. The lowest BCUT2D eigenvalue weighted by molar-refractivity contribution is 0.0642. The molecule has 0 unspecified atom stereocenters. The van der Waals surface area contributed by atoms with Crippen molar-refractivity contribution < 1.29 is 19.4 Å². The largest absolute Gasteiger partial charge is 0.486 e. The van der Waals surface area contributed by atoms with E-state index in [2.05, 4.69) is 5.32 Å². The molecule has 0 radical (unpaired) electrons. The fourth-order valence-electron chi connectivity index (χ4n) is 3.82. The van der Waals surface area contributed by atoms with Gasteiger partial charge in [-0.1, -0.05) is 42.5 Å². The van der Waals surface area contributed by atoms with Gasteiger partial charge in [0.15, 0.2) is 17.6 Å². The number of nitrogens with one attached hydrogen (secondary N) is 1. The minimum Gasteiger partial charge on any atom is -0.486 e. The molecule has 148 valence electrons. The fourth-order valence-corrected chi connectivity index (χ4v) is 3.82. The molecular formula is C22H26N2O4. The summed E-state index contributed by atoms with van der Waals surface area (Å²) in [6, 6.07) is 17.2. The molecule has 0 bridgehead atoms. The number of hydrogen-bond donors (Lipinski definition) is 2. The SMILES string of the molecule is O=C(NC[C@H]1COc2ccccc2O1)N1CCC([C@@H](O)c2ccccc2)CC1. The summed E-state index contributed by atoms with van der Waals surface area (Å²) in [6.07, 6.45) is 0.912. The first-order valence-corrected chi connectivity index (χ1v) is 9.85. The number of likely N-dealkylation sites (tertiary alicyclic amines) is 1. The van der Waals surface area contributed by atoms with E-state index in [1.54, 1.807) is 0 Å². The van der Waals surface area contributed by atoms with Gasteiger partial charge in [0, 0.05) is 13.1 Å². The number of ether oxygens (including phenoxy) is 2. The van der Waals surface area contributed by atoms with Gasteiger partial charge in [0.25, 0.3) is 0 Å². The van der Waals surface area contributed by atoms with Gasteiger partial charge in [-0.3, -0.25) is 0 Å². The van der Waals surface area contributed by atoms with Crippen molar-refractivity contribution in [1.82, 2.24) is 10.2 Å². The van der Waals surface area contributed by atoms with E-state index in [1.165, 1.54) is 0 Å². The number of benzene rings is 2. The Labute approximate surface area is 165 Å². The van der Waals surface area contributed by atoms with Crippen LogP contribution in [0.1, 0.15) is 24.5 Å². The molecule has 4 rings (SSSR count). The van der Waals surface area contributed by atoms with Crippen LogP contribution in [-0.2, 0) is 0 Å². The van der Waals surface area contributed by atoms with Crippen LogP contribution in [0.3, 0.4) is 0 Å². The molecule has 2 atom stereocenters. The molecular weight excluding hydrogens is 356 g/mol. The Kier molecular flexibility index (Phi) is 5.67. The minimum absolute atomic E-state index is 0.0879. The van der Waals surface area contributed by atoms with E-state index in [0.717, 1.165) is 24.2 Å². The molecule has 2 amide bonds. The number of carbonyl (C=O) groups excluding carboxylic acids is 1. The van der Waals surface area contributed by atoms with Crippen molar-refractivity contribution in [2.45, 2.75) is 25.0 Å². The van der Waals surface area contributed by atoms with Gasteiger partial charge in [0.05, 0.1) is 12.6 Å². The van der Waals surface area contributed by atoms with Crippen LogP contribution in [0.2, 0.25) is 0 Å². The number of rotatable bonds is 4. The van der Waals surface area contributed by atoms with Gasteiger partial charge < -0.3 is 24.8 Å². The van der Waals surface area contributed by atoms with Crippen LogP contribution in [0, 0.1) is 5.92 Å². The van der Waals surface area contributed by atoms with Gasteiger partial charge in [-0.2, -0.15) is 0 Å². The standard InChI is InChI=1S/C22H26N2O4/c25-21(16-6-2-1-3-7-16)17-10-12-24(13-11-17)22(26)23-14-18-15-27-19-8-4-5-9-20(19)28-18/h1-9,17-18,21,25H,10-15H2,(H,23,26)/t18-,21-/m0/s1. The monoisotopic (exact) mass is 382 g/mol. The van der Waals surface area contributed by atoms with Gasteiger partial charge in [-0.15, -0.1) is 0 Å². The molecule has 0 aliphatic carbocycles. The molecule has 0 saturated carbocycles. The van der Waals surface area contributed by atoms with E-state index in [-0.39, 0.29) is 18.1 Å². The quantitative estimate of drug-likeness (QED) is 0.853. The Morgan fingerprint density at radius 2 is 1.75 bits per heavy atom. The molecule has 0 aromatic heterocycles. The molecule has 2 aromatic rings. The van der Waals surface area contributed by atoms with Crippen LogP contribution in [0.5, 0.6) is 11.5 Å². The number of aliphatic hydroxyl groups is 1. The van der Waals surface area contributed by atoms with Crippen LogP contribution in [0.4, 0.5) is 4.79 Å². The Morgan fingerprint density at radius 3 is 2.50 bits per heavy atom. The Balaban J connectivity index is 1.23. The second kappa shape index (κ2) is 8.52. The van der Waals surface area contributed by atoms with E-state index in [4.69, 9.17) is 9.47 Å². The maximum Gasteiger partial charge on any atom is 0.317 e. The Morgan fingerprint density at radius 1 is 1.07 bits per heavy atom. The average Bonchev–Trinajstić information content (AvgIpc) is 2.77. The number of hydrogen-bond acceptors (Lipinski definition) is 4. The smallest absolute Gasteiger partial charge is 0.317 e. The highest BCUT2D eigenvalue weighted by Crippen LogP contribution is 2.31. The first-order chi connectivity index (χ1) is 13.7. The number of para-hydroxylation sites is 2. The van der Waals surface area contributed by atoms with E-state index in [9.17, 15) is 9.90 Å². The first-order valence-electron chi connectivity index (χ1n) is 9.85. The Hall–Kier alpha value is -2.73. The van der Waals surface area contributed by atoms with Crippen LogP contribution in [0.15, 0.2) is 54.6 Å². The second-order valence-corrected chi connectivity index (χ2v) is 7.36. The van der Waals surface area contributed by atoms with Crippen molar-refractivity contribution in [1.29, 1.82) is 0 Å². The molecule has 28 heavy (non-hydrogen) atoms. The van der Waals surface area contributed by atoms with E-state index >= 15 is 0 Å². The molecule has 6 nitrogen and oxygen atoms in total. The summed E-state index contributed by atoms with van der Waals surface area (Å²) in [5.74, 6) is 1.63. The number of aliphatic hydroxyl groups excluding tert-OH is 1. The maximum atomic E-state index is 12.5. The first kappa shape index (κ1) is 18.6. The van der Waals surface area contributed by atoms with E-state index in [1.807, 2.05) is 59.5 Å². The summed E-state index contributed by atoms with van der Waals surface area (Å²) in [7, 11) is 0. The summed E-state index contributed by atoms with van der Waals surface area (Å²) in [5, 5.41) is 13.5. The average molecular weight is 382 g/mol. The third-order valence-corrected chi connectivity index (χ3v) is 5.46. The van der Waals surface area contributed by atoms with Crippen molar-refractivity contribution in [2.24, 2.45) is 5.92 Å². The van der Waals surface area contributed by atoms with E-state index in [0.29, 0.717) is 32.0 Å². The van der Waals surface area contributed by atoms with Crippen LogP contribution in [0.25, 0.3) is 0 Å². The van der Waals surface area contributed by atoms with Gasteiger partial charge >= 0.3 is 6.03 Å². The number of nitrogens with zero attached hydrogens (tertiary/aromatic N) is 1. The third kappa shape index (κ3) is 4.22. The van der Waals surface area contributed by atoms with E-state index < -0.39 is 6.10 Å². The summed E-state index contributed by atoms with van der Waals surface area (Å²) in [5.41, 5.74) is 0.945. The van der Waals surface area contributed by atoms with Gasteiger partial charge in [-0.25, -0.2) is 4.79 Å². The molecule has 1 saturated heterocycles. The fraction of sp³-hybridized carbons (Fsp3) is 0.409. The number of carbonyl (C=O) groups is 1. The summed E-state index contributed by atoms with van der Waals surface area (Å²) in [4.78, 5) is 14.3. The van der Waals surface area contributed by atoms with Crippen molar-refractivity contribution in [2.75, 3.05) is 26.2 Å². The third-order valence-electron chi connectivity index (χ3n) is 5.46. The molecule has 0 spiro atoms. The predicted molar refractivity (Wildman–Crippen MR) is 105 cm³/mol. The van der Waals surface area contributed by atoms with Crippen LogP contribution in [-0.4, -0.2) is 48.4 Å². The molecule has 2 aliphatic rings. The maximum absolute atomic E-state index is 12.5. The topological polar surface area (TPSA) is 71.0 Å². The molecule has 2 N–H and O–H groups in total. The van der Waals surface area contributed by atoms with Crippen molar-refractivity contribution in [3.05, 3.63) is 60.2 Å². The minimum atomic E-state index is -0.473. The normalized spacial score (nSPS) is 20.5. The second-order valence-electron chi connectivity index (χ2n) is 7.36. The van der Waals surface area contributed by atoms with Crippen molar-refractivity contribution in [3.63, 3.8) is 0 Å². The number of amides is 2.